The molecule has 0 heterocycles. The standard InChI is InChI=1S/C7H16N2O/c1-2-3-4-6-9-10-7-5-8/h6H,2-5,7-8H2,1H3/b9-6+. The highest BCUT2D eigenvalue weighted by Crippen LogP contribution is 1.89. The van der Waals surface area contributed by atoms with Crippen LogP contribution in [0.25, 0.3) is 0 Å². The Balaban J connectivity index is 2.89. The lowest BCUT2D eigenvalue weighted by Crippen LogP contribution is -2.05. The van der Waals surface area contributed by atoms with Crippen LogP contribution in [0.5, 0.6) is 0 Å². The molecule has 0 fully saturated rings. The summed E-state index contributed by atoms with van der Waals surface area (Å²) in [5.74, 6) is 0. The Labute approximate surface area is 62.2 Å². The molecule has 3 nitrogen and oxygen atoms in total. The second-order valence-corrected chi connectivity index (χ2v) is 2.05. The summed E-state index contributed by atoms with van der Waals surface area (Å²) in [7, 11) is 0. The highest BCUT2D eigenvalue weighted by Gasteiger charge is 1.79. The van der Waals surface area contributed by atoms with Crippen LogP contribution >= 0.6 is 0 Å². The monoisotopic (exact) mass is 144 g/mol. The van der Waals surface area contributed by atoms with Gasteiger partial charge in [0.25, 0.3) is 0 Å². The van der Waals surface area contributed by atoms with E-state index < -0.39 is 0 Å². The number of nitrogens with zero attached hydrogens (tertiary/aromatic N) is 1. The van der Waals surface area contributed by atoms with E-state index in [2.05, 4.69) is 12.1 Å². The number of hydrogen-bond acceptors (Lipinski definition) is 3. The molecule has 0 spiro atoms. The summed E-state index contributed by atoms with van der Waals surface area (Å²) >= 11 is 0. The van der Waals surface area contributed by atoms with Crippen LogP contribution in [0.15, 0.2) is 5.16 Å². The molecule has 0 aliphatic carbocycles. The SMILES string of the molecule is CCCC/C=N/OCCN. The molecular weight excluding hydrogens is 128 g/mol. The van der Waals surface area contributed by atoms with Gasteiger partial charge in [-0.25, -0.2) is 0 Å². The number of rotatable bonds is 6. The number of hydrogen-bond donors (Lipinski definition) is 1. The first-order valence-electron chi connectivity index (χ1n) is 3.75. The minimum absolute atomic E-state index is 0.516. The van der Waals surface area contributed by atoms with Crippen LogP contribution < -0.4 is 5.73 Å². The van der Waals surface area contributed by atoms with Crippen molar-refractivity contribution in [3.8, 4) is 0 Å². The average molecular weight is 144 g/mol. The third-order valence-electron chi connectivity index (χ3n) is 1.04. The fourth-order valence-electron chi connectivity index (χ4n) is 0.506. The van der Waals surface area contributed by atoms with Gasteiger partial charge in [-0.2, -0.15) is 0 Å². The summed E-state index contributed by atoms with van der Waals surface area (Å²) in [5, 5.41) is 3.69. The molecule has 10 heavy (non-hydrogen) atoms. The molecular formula is C7H16N2O. The minimum atomic E-state index is 0.516. The van der Waals surface area contributed by atoms with E-state index in [1.54, 1.807) is 6.21 Å². The largest absolute Gasteiger partial charge is 0.395 e. The fraction of sp³-hybridized carbons (Fsp3) is 0.857. The second-order valence-electron chi connectivity index (χ2n) is 2.05. The second kappa shape index (κ2) is 8.43. The van der Waals surface area contributed by atoms with Crippen molar-refractivity contribution in [3.05, 3.63) is 0 Å². The van der Waals surface area contributed by atoms with Crippen molar-refractivity contribution in [2.24, 2.45) is 10.9 Å². The molecule has 0 amide bonds. The summed E-state index contributed by atoms with van der Waals surface area (Å²) in [4.78, 5) is 4.77. The fourth-order valence-corrected chi connectivity index (χ4v) is 0.506. The van der Waals surface area contributed by atoms with Crippen LogP contribution in [-0.4, -0.2) is 19.4 Å². The van der Waals surface area contributed by atoms with Gasteiger partial charge in [0.15, 0.2) is 0 Å². The maximum atomic E-state index is 5.17. The molecule has 60 valence electrons. The predicted molar refractivity (Wildman–Crippen MR) is 43.0 cm³/mol. The Morgan fingerprint density at radius 3 is 3.00 bits per heavy atom. The van der Waals surface area contributed by atoms with E-state index in [1.807, 2.05) is 0 Å². The van der Waals surface area contributed by atoms with Crippen molar-refractivity contribution in [3.63, 3.8) is 0 Å². The van der Waals surface area contributed by atoms with Crippen LogP contribution in [0.4, 0.5) is 0 Å². The zero-order valence-corrected chi connectivity index (χ0v) is 6.55. The third kappa shape index (κ3) is 7.43. The van der Waals surface area contributed by atoms with Crippen LogP contribution in [0.1, 0.15) is 26.2 Å². The molecule has 0 radical (unpaired) electrons. The molecule has 0 bridgehead atoms. The molecule has 2 N–H and O–H groups in total. The van der Waals surface area contributed by atoms with Gasteiger partial charge in [-0.05, 0) is 12.8 Å². The zero-order chi connectivity index (χ0) is 7.66. The maximum Gasteiger partial charge on any atom is 0.129 e. The summed E-state index contributed by atoms with van der Waals surface area (Å²) in [6.07, 6.45) is 5.17. The topological polar surface area (TPSA) is 47.6 Å². The van der Waals surface area contributed by atoms with Gasteiger partial charge in [-0.15, -0.1) is 0 Å². The quantitative estimate of drug-likeness (QED) is 0.345. The molecule has 0 saturated heterocycles. The molecule has 0 atom stereocenters. The molecule has 0 rings (SSSR count). The van der Waals surface area contributed by atoms with Gasteiger partial charge < -0.3 is 10.6 Å². The van der Waals surface area contributed by atoms with Crippen LogP contribution in [0.3, 0.4) is 0 Å². The van der Waals surface area contributed by atoms with E-state index in [0.29, 0.717) is 13.2 Å². The lowest BCUT2D eigenvalue weighted by molar-refractivity contribution is 0.153. The molecule has 0 unspecified atom stereocenters. The molecule has 0 aliphatic rings. The van der Waals surface area contributed by atoms with Gasteiger partial charge in [-0.1, -0.05) is 18.5 Å². The number of oxime groups is 1. The Morgan fingerprint density at radius 1 is 1.60 bits per heavy atom. The van der Waals surface area contributed by atoms with Crippen molar-refractivity contribution >= 4 is 6.21 Å². The lowest BCUT2D eigenvalue weighted by Gasteiger charge is -1.92. The summed E-state index contributed by atoms with van der Waals surface area (Å²) in [5.41, 5.74) is 5.17. The van der Waals surface area contributed by atoms with Gasteiger partial charge in [0.1, 0.15) is 6.61 Å². The molecule has 0 aromatic rings. The highest BCUT2D eigenvalue weighted by atomic mass is 16.6. The van der Waals surface area contributed by atoms with E-state index in [0.717, 1.165) is 6.42 Å². The Morgan fingerprint density at radius 2 is 2.40 bits per heavy atom. The first-order chi connectivity index (χ1) is 4.91. The Hall–Kier alpha value is -0.570. The average Bonchev–Trinajstić information content (AvgIpc) is 1.97. The van der Waals surface area contributed by atoms with Crippen molar-refractivity contribution in [1.29, 1.82) is 0 Å². The summed E-state index contributed by atoms with van der Waals surface area (Å²) in [6.45, 7) is 3.20. The maximum absolute atomic E-state index is 5.17. The van der Waals surface area contributed by atoms with Gasteiger partial charge in [0, 0.05) is 12.8 Å². The molecule has 3 heteroatoms. The molecule has 0 saturated carbocycles. The van der Waals surface area contributed by atoms with Gasteiger partial charge in [-0.3, -0.25) is 0 Å². The highest BCUT2D eigenvalue weighted by molar-refractivity contribution is 5.55. The van der Waals surface area contributed by atoms with Crippen molar-refractivity contribution in [2.75, 3.05) is 13.2 Å². The molecule has 0 aliphatic heterocycles. The van der Waals surface area contributed by atoms with E-state index in [1.165, 1.54) is 12.8 Å². The van der Waals surface area contributed by atoms with Crippen molar-refractivity contribution < 1.29 is 4.84 Å². The number of nitrogens with two attached hydrogens (primary N) is 1. The van der Waals surface area contributed by atoms with E-state index in [-0.39, 0.29) is 0 Å². The van der Waals surface area contributed by atoms with Gasteiger partial charge in [0.05, 0.1) is 0 Å². The first kappa shape index (κ1) is 9.43. The first-order valence-corrected chi connectivity index (χ1v) is 3.75. The van der Waals surface area contributed by atoms with Crippen LogP contribution in [0.2, 0.25) is 0 Å². The van der Waals surface area contributed by atoms with Gasteiger partial charge >= 0.3 is 0 Å². The smallest absolute Gasteiger partial charge is 0.129 e. The van der Waals surface area contributed by atoms with E-state index in [4.69, 9.17) is 10.6 Å². The van der Waals surface area contributed by atoms with E-state index >= 15 is 0 Å². The molecule has 0 aromatic carbocycles. The van der Waals surface area contributed by atoms with Crippen molar-refractivity contribution in [2.45, 2.75) is 26.2 Å². The van der Waals surface area contributed by atoms with E-state index in [9.17, 15) is 0 Å². The van der Waals surface area contributed by atoms with Crippen molar-refractivity contribution in [1.82, 2.24) is 0 Å². The normalized spacial score (nSPS) is 10.6. The Kier molecular flexibility index (Phi) is 7.95. The predicted octanol–water partition coefficient (Wildman–Crippen LogP) is 1.14. The summed E-state index contributed by atoms with van der Waals surface area (Å²) in [6, 6.07) is 0. The third-order valence-corrected chi connectivity index (χ3v) is 1.04. The number of unbranched alkanes of at least 4 members (excludes halogenated alkanes) is 2. The van der Waals surface area contributed by atoms with Gasteiger partial charge in [0.2, 0.25) is 0 Å². The summed E-state index contributed by atoms with van der Waals surface area (Å²) < 4.78 is 0. The van der Waals surface area contributed by atoms with Crippen LogP contribution in [-0.2, 0) is 4.84 Å². The zero-order valence-electron chi connectivity index (χ0n) is 6.55. The van der Waals surface area contributed by atoms with Crippen LogP contribution in [0, 0.1) is 0 Å². The minimum Gasteiger partial charge on any atom is -0.395 e. The Bertz CT molecular complexity index is 73.7. The molecule has 0 aromatic heterocycles. The lowest BCUT2D eigenvalue weighted by atomic mass is 10.3.